The molecule has 10 nitrogen and oxygen atoms in total. The highest BCUT2D eigenvalue weighted by atomic mass is 16.7. The van der Waals surface area contributed by atoms with Crippen LogP contribution in [0.15, 0.2) is 71.9 Å². The van der Waals surface area contributed by atoms with Crippen LogP contribution in [0.1, 0.15) is 68.9 Å². The zero-order valence-electron chi connectivity index (χ0n) is 29.1. The number of aliphatic hydroxyl groups is 2. The molecule has 10 heteroatoms. The van der Waals surface area contributed by atoms with Gasteiger partial charge in [0.05, 0.1) is 31.8 Å². The third-order valence-electron chi connectivity index (χ3n) is 10.3. The van der Waals surface area contributed by atoms with Crippen molar-refractivity contribution in [2.75, 3.05) is 40.6 Å². The van der Waals surface area contributed by atoms with E-state index in [1.807, 2.05) is 31.2 Å². The number of amides is 1. The van der Waals surface area contributed by atoms with Crippen LogP contribution in [0.2, 0.25) is 0 Å². The number of rotatable bonds is 17. The lowest BCUT2D eigenvalue weighted by atomic mass is 9.55. The van der Waals surface area contributed by atoms with Crippen molar-refractivity contribution in [1.82, 2.24) is 4.90 Å². The van der Waals surface area contributed by atoms with Crippen LogP contribution in [0, 0.1) is 17.8 Å². The lowest BCUT2D eigenvalue weighted by Gasteiger charge is -2.59. The topological polar surface area (TPSA) is 130 Å². The molecule has 49 heavy (non-hydrogen) atoms. The normalized spacial score (nSPS) is 26.2. The lowest BCUT2D eigenvalue weighted by Crippen LogP contribution is -2.69. The van der Waals surface area contributed by atoms with Gasteiger partial charge in [-0.25, -0.2) is 0 Å². The summed E-state index contributed by atoms with van der Waals surface area (Å²) in [6.45, 7) is 6.65. The SMILES string of the molecule is C=CCO[C@@]12Oc3ccc(O)cc3[C@H]3[C@H](CCCCO)[C@@H](CCCCO)C=C(C(=NOCC)C[C@@H]1N(C)C(=O)Cc1cccc(OC)c1)[C@H]32. The maximum absolute atomic E-state index is 14.2. The van der Waals surface area contributed by atoms with Crippen molar-refractivity contribution in [3.8, 4) is 17.2 Å². The molecule has 0 spiro atoms. The van der Waals surface area contributed by atoms with Gasteiger partial charge in [-0.3, -0.25) is 4.79 Å². The number of carbonyl (C=O) groups is 1. The second-order valence-electron chi connectivity index (χ2n) is 13.2. The number of likely N-dealkylation sites (N-methyl/N-ethyl adjacent to an activating group) is 1. The summed E-state index contributed by atoms with van der Waals surface area (Å²) < 4.78 is 19.3. The maximum atomic E-state index is 14.2. The highest BCUT2D eigenvalue weighted by molar-refractivity contribution is 6.03. The second-order valence-corrected chi connectivity index (χ2v) is 13.2. The van der Waals surface area contributed by atoms with Gasteiger partial charge in [0.1, 0.15) is 29.9 Å². The smallest absolute Gasteiger partial charge is 0.239 e. The summed E-state index contributed by atoms with van der Waals surface area (Å²) >= 11 is 0. The van der Waals surface area contributed by atoms with Gasteiger partial charge in [0, 0.05) is 38.2 Å². The summed E-state index contributed by atoms with van der Waals surface area (Å²) in [6.07, 6.45) is 9.22. The summed E-state index contributed by atoms with van der Waals surface area (Å²) in [7, 11) is 3.40. The Morgan fingerprint density at radius 1 is 1.12 bits per heavy atom. The van der Waals surface area contributed by atoms with Gasteiger partial charge >= 0.3 is 0 Å². The third-order valence-corrected chi connectivity index (χ3v) is 10.3. The third kappa shape index (κ3) is 7.66. The average Bonchev–Trinajstić information content (AvgIpc) is 3.11. The molecule has 3 N–H and O–H groups in total. The van der Waals surface area contributed by atoms with Crippen LogP contribution < -0.4 is 9.47 Å². The van der Waals surface area contributed by atoms with Gasteiger partial charge in [-0.1, -0.05) is 42.3 Å². The number of fused-ring (bicyclic) bond motifs is 2. The number of methoxy groups -OCH3 is 1. The molecule has 1 fully saturated rings. The van der Waals surface area contributed by atoms with Gasteiger partial charge < -0.3 is 39.3 Å². The van der Waals surface area contributed by atoms with Crippen LogP contribution in [-0.2, 0) is 20.8 Å². The number of ether oxygens (including phenoxy) is 3. The first-order valence-electron chi connectivity index (χ1n) is 17.6. The number of allylic oxidation sites excluding steroid dienone is 1. The summed E-state index contributed by atoms with van der Waals surface area (Å²) in [4.78, 5) is 21.6. The summed E-state index contributed by atoms with van der Waals surface area (Å²) in [5.74, 6) is -0.350. The predicted octanol–water partition coefficient (Wildman–Crippen LogP) is 5.76. The van der Waals surface area contributed by atoms with Crippen molar-refractivity contribution in [1.29, 1.82) is 0 Å². The molecule has 2 aliphatic carbocycles. The molecular weight excluding hydrogens is 624 g/mol. The number of oxime groups is 1. The minimum Gasteiger partial charge on any atom is -0.508 e. The fourth-order valence-electron chi connectivity index (χ4n) is 8.14. The van der Waals surface area contributed by atoms with Crippen LogP contribution in [0.5, 0.6) is 17.2 Å². The van der Waals surface area contributed by atoms with E-state index in [2.05, 4.69) is 17.8 Å². The number of aliphatic hydroxyl groups excluding tert-OH is 2. The van der Waals surface area contributed by atoms with Crippen LogP contribution in [-0.4, -0.2) is 84.3 Å². The molecule has 0 unspecified atom stereocenters. The minimum atomic E-state index is -1.32. The number of aromatic hydroxyl groups is 1. The van der Waals surface area contributed by atoms with Gasteiger partial charge in [0.25, 0.3) is 0 Å². The van der Waals surface area contributed by atoms with Crippen molar-refractivity contribution in [3.05, 3.63) is 77.9 Å². The first kappa shape index (κ1) is 36.4. The van der Waals surface area contributed by atoms with Crippen LogP contribution in [0.4, 0.5) is 0 Å². The molecule has 1 amide bonds. The molecule has 0 bridgehead atoms. The Bertz CT molecular complexity index is 1510. The van der Waals surface area contributed by atoms with Crippen molar-refractivity contribution in [2.45, 2.75) is 76.0 Å². The van der Waals surface area contributed by atoms with E-state index in [1.165, 1.54) is 0 Å². The maximum Gasteiger partial charge on any atom is 0.239 e. The molecule has 6 atom stereocenters. The Balaban J connectivity index is 1.69. The molecule has 5 rings (SSSR count). The summed E-state index contributed by atoms with van der Waals surface area (Å²) in [6, 6.07) is 12.1. The number of hydrogen-bond donors (Lipinski definition) is 3. The first-order chi connectivity index (χ1) is 23.8. The van der Waals surface area contributed by atoms with Crippen LogP contribution in [0.3, 0.4) is 0 Å². The molecule has 0 aromatic heterocycles. The number of phenols is 1. The van der Waals surface area contributed by atoms with E-state index in [0.29, 0.717) is 37.4 Å². The molecule has 3 aliphatic rings. The average molecular weight is 677 g/mol. The van der Waals surface area contributed by atoms with Crippen molar-refractivity contribution >= 4 is 11.6 Å². The van der Waals surface area contributed by atoms with E-state index in [1.54, 1.807) is 43.3 Å². The Hall–Kier alpha value is -3.86. The number of unbranched alkanes of at least 4 members (excludes halogenated alkanes) is 2. The fourth-order valence-corrected chi connectivity index (χ4v) is 8.14. The van der Waals surface area contributed by atoms with Crippen molar-refractivity contribution < 1.29 is 39.2 Å². The summed E-state index contributed by atoms with van der Waals surface area (Å²) in [5, 5.41) is 34.8. The van der Waals surface area contributed by atoms with E-state index in [9.17, 15) is 20.1 Å². The van der Waals surface area contributed by atoms with Crippen molar-refractivity contribution in [2.24, 2.45) is 22.9 Å². The molecular formula is C39H52N2O8. The molecule has 266 valence electrons. The van der Waals surface area contributed by atoms with E-state index >= 15 is 0 Å². The zero-order valence-corrected chi connectivity index (χ0v) is 29.1. The second kappa shape index (κ2) is 16.7. The Morgan fingerprint density at radius 2 is 1.90 bits per heavy atom. The molecule has 0 radical (unpaired) electrons. The monoisotopic (exact) mass is 676 g/mol. The largest absolute Gasteiger partial charge is 0.508 e. The van der Waals surface area contributed by atoms with Gasteiger partial charge in [0.2, 0.25) is 11.7 Å². The van der Waals surface area contributed by atoms with Crippen LogP contribution >= 0.6 is 0 Å². The zero-order chi connectivity index (χ0) is 35.0. The van der Waals surface area contributed by atoms with Gasteiger partial charge in [-0.05, 0) is 85.9 Å². The minimum absolute atomic E-state index is 0.0973. The Morgan fingerprint density at radius 3 is 2.61 bits per heavy atom. The summed E-state index contributed by atoms with van der Waals surface area (Å²) in [5.41, 5.74) is 3.42. The molecule has 1 aliphatic heterocycles. The number of nitrogens with zero attached hydrogens (tertiary/aromatic N) is 2. The van der Waals surface area contributed by atoms with Gasteiger partial charge in [-0.2, -0.15) is 0 Å². The molecule has 2 aromatic rings. The number of carbonyl (C=O) groups excluding carboxylic acids is 1. The van der Waals surface area contributed by atoms with Gasteiger partial charge in [0.15, 0.2) is 0 Å². The van der Waals surface area contributed by atoms with E-state index < -0.39 is 17.7 Å². The highest BCUT2D eigenvalue weighted by Gasteiger charge is 2.65. The highest BCUT2D eigenvalue weighted by Crippen LogP contribution is 2.61. The fraction of sp³-hybridized carbons (Fsp3) is 0.538. The standard InChI is InChI=1S/C39H52N2O8/c1-5-20-47-39-35(41(3)36(45)22-26-12-11-14-29(21-26)46-4)25-33(40-48-6-2)31-23-27(13-7-9-18-42)30(15-8-10-19-43)37(38(31)39)32-24-28(44)16-17-34(32)49-39/h5,11-12,14,16-17,21,23-24,27,30,35,37-38,42-44H,1,6-10,13,15,18-20,22,25H2,2-4H3/t27-,30+,35-,37+,38+,39+/m0/s1. The predicted molar refractivity (Wildman–Crippen MR) is 188 cm³/mol. The molecule has 1 heterocycles. The van der Waals surface area contributed by atoms with E-state index in [0.717, 1.165) is 48.1 Å². The first-order valence-corrected chi connectivity index (χ1v) is 17.6. The molecule has 0 saturated heterocycles. The van der Waals surface area contributed by atoms with E-state index in [-0.39, 0.29) is 55.7 Å². The van der Waals surface area contributed by atoms with Crippen molar-refractivity contribution in [3.63, 3.8) is 0 Å². The lowest BCUT2D eigenvalue weighted by molar-refractivity contribution is -0.255. The number of phenolic OH excluding ortho intramolecular Hbond substituents is 1. The Labute approximate surface area is 290 Å². The van der Waals surface area contributed by atoms with Crippen LogP contribution in [0.25, 0.3) is 0 Å². The quantitative estimate of drug-likeness (QED) is 0.110. The molecule has 1 saturated carbocycles. The molecule has 2 aromatic carbocycles. The van der Waals surface area contributed by atoms with Gasteiger partial charge in [-0.15, -0.1) is 6.58 Å². The van der Waals surface area contributed by atoms with E-state index in [4.69, 9.17) is 19.0 Å². The number of hydrogen-bond acceptors (Lipinski definition) is 9. The Kier molecular flexibility index (Phi) is 12.4. The number of benzene rings is 2.